The quantitative estimate of drug-likeness (QED) is 0.413. The maximum Gasteiger partial charge on any atom is 0.333 e. The van der Waals surface area contributed by atoms with Crippen LogP contribution in [-0.4, -0.2) is 39.5 Å². The molecule has 0 bridgehead atoms. The number of hydrogen-bond donors (Lipinski definition) is 2. The summed E-state index contributed by atoms with van der Waals surface area (Å²) in [6.45, 7) is 1.14. The zero-order chi connectivity index (χ0) is 14.4. The van der Waals surface area contributed by atoms with Gasteiger partial charge in [0.15, 0.2) is 12.3 Å². The second-order valence-corrected chi connectivity index (χ2v) is 4.59. The van der Waals surface area contributed by atoms with Crippen molar-refractivity contribution < 1.29 is 14.6 Å². The molecule has 1 aromatic heterocycles. The molecule has 0 unspecified atom stereocenters. The van der Waals surface area contributed by atoms with Gasteiger partial charge in [0.25, 0.3) is 5.56 Å². The summed E-state index contributed by atoms with van der Waals surface area (Å²) in [5.41, 5.74) is 7.60. The van der Waals surface area contributed by atoms with Gasteiger partial charge in [-0.2, -0.15) is 0 Å². The van der Waals surface area contributed by atoms with E-state index in [1.165, 1.54) is 6.92 Å². The van der Waals surface area contributed by atoms with Crippen LogP contribution < -0.4 is 16.0 Å². The van der Waals surface area contributed by atoms with Gasteiger partial charge in [-0.3, -0.25) is 9.78 Å². The zero-order valence-corrected chi connectivity index (χ0v) is 10.4. The Balaban J connectivity index is 2.13. The minimum Gasteiger partial charge on any atom is -0.470 e. The topological polar surface area (TPSA) is 142 Å². The van der Waals surface area contributed by atoms with E-state index in [-0.39, 0.29) is 18.1 Å². The molecule has 0 aliphatic carbocycles. The first-order valence-electron chi connectivity index (χ1n) is 5.91. The Kier molecular flexibility index (Phi) is 2.78. The summed E-state index contributed by atoms with van der Waals surface area (Å²) < 4.78 is 12.2. The van der Waals surface area contributed by atoms with Crippen molar-refractivity contribution >= 4 is 0 Å². The average Bonchev–Trinajstić information content (AvgIpc) is 2.93. The molecule has 3 heterocycles. The second kappa shape index (κ2) is 4.37. The summed E-state index contributed by atoms with van der Waals surface area (Å²) in [5.74, 6) is 0.100. The molecule has 20 heavy (non-hydrogen) atoms. The maximum absolute atomic E-state index is 11.9. The highest BCUT2D eigenvalue weighted by molar-refractivity contribution is 5.27. The molecule has 1 aromatic rings. The van der Waals surface area contributed by atoms with Crippen LogP contribution in [-0.2, 0) is 4.74 Å². The normalized spacial score (nSPS) is 30.3. The predicted octanol–water partition coefficient (Wildman–Crippen LogP) is -0.825. The predicted molar refractivity (Wildman–Crippen MR) is 64.4 cm³/mol. The molecular formula is C10H11N5O5. The fourth-order valence-corrected chi connectivity index (χ4v) is 2.53. The molecule has 0 radical (unpaired) electrons. The lowest BCUT2D eigenvalue weighted by molar-refractivity contribution is -0.0287. The molecule has 4 atom stereocenters. The van der Waals surface area contributed by atoms with Crippen LogP contribution >= 0.6 is 0 Å². The lowest BCUT2D eigenvalue weighted by atomic mass is 10.1. The summed E-state index contributed by atoms with van der Waals surface area (Å²) in [5, 5.41) is 12.8. The van der Waals surface area contributed by atoms with E-state index >= 15 is 0 Å². The third kappa shape index (κ3) is 1.56. The standard InChI is InChI=1S/C10H11N5O5/c1-3-7(17)12-10(18)15-8(3)20-6-5(13-14-11)4(2-16)19-9(6)15/h4-6,9,16H,2H2,1H3,(H,12,17,18)/t4-,5+,6+,9-/m0/s1. The van der Waals surface area contributed by atoms with Crippen molar-refractivity contribution in [3.63, 3.8) is 0 Å². The second-order valence-electron chi connectivity index (χ2n) is 4.59. The van der Waals surface area contributed by atoms with Gasteiger partial charge in [-0.25, -0.2) is 9.36 Å². The highest BCUT2D eigenvalue weighted by Crippen LogP contribution is 2.40. The van der Waals surface area contributed by atoms with Gasteiger partial charge in [0.2, 0.25) is 5.88 Å². The van der Waals surface area contributed by atoms with Crippen LogP contribution in [0.25, 0.3) is 10.4 Å². The van der Waals surface area contributed by atoms with Gasteiger partial charge in [-0.15, -0.1) is 0 Å². The minimum absolute atomic E-state index is 0.100. The number of aromatic nitrogens is 2. The van der Waals surface area contributed by atoms with E-state index in [0.717, 1.165) is 4.57 Å². The van der Waals surface area contributed by atoms with Gasteiger partial charge in [-0.05, 0) is 12.5 Å². The van der Waals surface area contributed by atoms with Gasteiger partial charge >= 0.3 is 5.69 Å². The van der Waals surface area contributed by atoms with Gasteiger partial charge in [-0.1, -0.05) is 5.11 Å². The van der Waals surface area contributed by atoms with E-state index in [9.17, 15) is 14.7 Å². The smallest absolute Gasteiger partial charge is 0.333 e. The minimum atomic E-state index is -0.833. The van der Waals surface area contributed by atoms with Crippen LogP contribution in [0.5, 0.6) is 5.88 Å². The molecular weight excluding hydrogens is 270 g/mol. The third-order valence-electron chi connectivity index (χ3n) is 3.50. The number of aliphatic hydroxyl groups is 1. The molecule has 10 heteroatoms. The number of H-pyrrole nitrogens is 1. The monoisotopic (exact) mass is 281 g/mol. The maximum atomic E-state index is 11.9. The Hall–Kier alpha value is -2.29. The van der Waals surface area contributed by atoms with Gasteiger partial charge in [0.1, 0.15) is 6.04 Å². The number of nitrogens with one attached hydrogen (secondary N) is 1. The fraction of sp³-hybridized carbons (Fsp3) is 0.600. The van der Waals surface area contributed by atoms with Crippen LogP contribution in [0.15, 0.2) is 14.7 Å². The largest absolute Gasteiger partial charge is 0.470 e. The van der Waals surface area contributed by atoms with E-state index in [2.05, 4.69) is 15.0 Å². The molecule has 3 rings (SSSR count). The SMILES string of the molecule is Cc1c2n(c(=O)[nH]c1=O)[C@H]1O[C@@H](CO)[C@@H](N=[N+]=[N-])[C@H]1O2. The molecule has 2 aliphatic heterocycles. The third-order valence-corrected chi connectivity index (χ3v) is 3.50. The van der Waals surface area contributed by atoms with Crippen LogP contribution in [0.4, 0.5) is 0 Å². The first kappa shape index (κ1) is 12.7. The van der Waals surface area contributed by atoms with Gasteiger partial charge < -0.3 is 14.6 Å². The number of ether oxygens (including phenoxy) is 2. The lowest BCUT2D eigenvalue weighted by Gasteiger charge is -2.15. The Morgan fingerprint density at radius 2 is 2.30 bits per heavy atom. The van der Waals surface area contributed by atoms with Gasteiger partial charge in [0.05, 0.1) is 18.3 Å². The molecule has 10 nitrogen and oxygen atoms in total. The number of hydrogen-bond acceptors (Lipinski definition) is 6. The Morgan fingerprint density at radius 3 is 2.95 bits per heavy atom. The zero-order valence-electron chi connectivity index (χ0n) is 10.4. The number of fused-ring (bicyclic) bond motifs is 3. The molecule has 0 aromatic carbocycles. The molecule has 1 fully saturated rings. The fourth-order valence-electron chi connectivity index (χ4n) is 2.53. The molecule has 1 saturated heterocycles. The molecule has 0 saturated carbocycles. The van der Waals surface area contributed by atoms with Crippen molar-refractivity contribution in [3.05, 3.63) is 36.8 Å². The number of nitrogens with zero attached hydrogens (tertiary/aromatic N) is 4. The van der Waals surface area contributed by atoms with Crippen LogP contribution in [0.3, 0.4) is 0 Å². The van der Waals surface area contributed by atoms with Crippen LogP contribution in [0.2, 0.25) is 0 Å². The highest BCUT2D eigenvalue weighted by atomic mass is 16.6. The van der Waals surface area contributed by atoms with E-state index < -0.39 is 35.7 Å². The molecule has 2 aliphatic rings. The average molecular weight is 281 g/mol. The molecule has 2 N–H and O–H groups in total. The van der Waals surface area contributed by atoms with Crippen molar-refractivity contribution in [2.45, 2.75) is 31.4 Å². The van der Waals surface area contributed by atoms with Crippen LogP contribution in [0, 0.1) is 6.92 Å². The van der Waals surface area contributed by atoms with Crippen LogP contribution in [0.1, 0.15) is 11.8 Å². The summed E-state index contributed by atoms with van der Waals surface area (Å²) in [4.78, 5) is 28.3. The Morgan fingerprint density at radius 1 is 1.55 bits per heavy atom. The summed E-state index contributed by atoms with van der Waals surface area (Å²) in [7, 11) is 0. The van der Waals surface area contributed by atoms with Crippen molar-refractivity contribution in [1.29, 1.82) is 0 Å². The van der Waals surface area contributed by atoms with E-state index in [1.807, 2.05) is 0 Å². The first-order chi connectivity index (χ1) is 9.58. The van der Waals surface area contributed by atoms with E-state index in [0.29, 0.717) is 0 Å². The van der Waals surface area contributed by atoms with Gasteiger partial charge in [0, 0.05) is 4.91 Å². The van der Waals surface area contributed by atoms with E-state index in [1.54, 1.807) is 0 Å². The molecule has 0 amide bonds. The number of aliphatic hydroxyl groups excluding tert-OH is 1. The Labute approximate surface area is 111 Å². The summed E-state index contributed by atoms with van der Waals surface area (Å²) >= 11 is 0. The number of aromatic amines is 1. The molecule has 106 valence electrons. The molecule has 0 spiro atoms. The van der Waals surface area contributed by atoms with Crippen molar-refractivity contribution in [2.24, 2.45) is 5.11 Å². The highest BCUT2D eigenvalue weighted by Gasteiger charge is 2.52. The number of azide groups is 1. The summed E-state index contributed by atoms with van der Waals surface area (Å²) in [6.07, 6.45) is -2.33. The van der Waals surface area contributed by atoms with Crippen molar-refractivity contribution in [3.8, 4) is 5.88 Å². The lowest BCUT2D eigenvalue weighted by Crippen LogP contribution is -2.33. The first-order valence-corrected chi connectivity index (χ1v) is 5.91. The summed E-state index contributed by atoms with van der Waals surface area (Å²) in [6, 6.07) is -0.774. The van der Waals surface area contributed by atoms with Crippen molar-refractivity contribution in [2.75, 3.05) is 6.61 Å². The number of rotatable bonds is 2. The Bertz CT molecular complexity index is 718. The van der Waals surface area contributed by atoms with Crippen molar-refractivity contribution in [1.82, 2.24) is 9.55 Å². The van der Waals surface area contributed by atoms with E-state index in [4.69, 9.17) is 15.0 Å².